The maximum Gasteiger partial charge on any atom is 0.134 e. The van der Waals surface area contributed by atoms with E-state index < -0.39 is 5.82 Å². The molecule has 150 valence electrons. The molecular weight excluding hydrogens is 374 g/mol. The van der Waals surface area contributed by atoms with E-state index >= 15 is 0 Å². The summed E-state index contributed by atoms with van der Waals surface area (Å²) < 4.78 is 33.7. The first-order valence-electron chi connectivity index (χ1n) is 9.67. The zero-order chi connectivity index (χ0) is 20.4. The van der Waals surface area contributed by atoms with Crippen LogP contribution < -0.4 is 0 Å². The third-order valence-corrected chi connectivity index (χ3v) is 5.14. The number of Topliss-reactive ketones (excluding diaryl/α,β-unsaturated/α-hetero) is 1. The fourth-order valence-corrected chi connectivity index (χ4v) is 3.67. The molecule has 2 heterocycles. The van der Waals surface area contributed by atoms with Gasteiger partial charge in [0.15, 0.2) is 0 Å². The second kappa shape index (κ2) is 8.35. The molecule has 0 unspecified atom stereocenters. The fraction of sp³-hybridized carbons (Fsp3) is 0.304. The van der Waals surface area contributed by atoms with Crippen LogP contribution in [0.5, 0.6) is 0 Å². The zero-order valence-electron chi connectivity index (χ0n) is 16.3. The van der Waals surface area contributed by atoms with Gasteiger partial charge in [0.1, 0.15) is 17.4 Å². The summed E-state index contributed by atoms with van der Waals surface area (Å²) in [5.74, 6) is -0.889. The molecule has 4 rings (SSSR count). The third-order valence-electron chi connectivity index (χ3n) is 5.14. The van der Waals surface area contributed by atoms with Crippen LogP contribution in [0, 0.1) is 11.6 Å². The van der Waals surface area contributed by atoms with Gasteiger partial charge < -0.3 is 4.74 Å². The lowest BCUT2D eigenvalue weighted by Crippen LogP contribution is -2.35. The van der Waals surface area contributed by atoms with Crippen molar-refractivity contribution in [3.8, 4) is 11.3 Å². The highest BCUT2D eigenvalue weighted by molar-refractivity contribution is 5.85. The van der Waals surface area contributed by atoms with Crippen LogP contribution in [0.3, 0.4) is 0 Å². The molecule has 3 aromatic rings. The normalized spacial score (nSPS) is 15.0. The number of pyridine rings is 1. The van der Waals surface area contributed by atoms with Gasteiger partial charge in [-0.15, -0.1) is 0 Å². The predicted molar refractivity (Wildman–Crippen MR) is 108 cm³/mol. The molecule has 0 amide bonds. The number of rotatable bonds is 5. The van der Waals surface area contributed by atoms with E-state index in [0.717, 1.165) is 24.0 Å². The SMILES string of the molecule is CC(=O)Cc1ccc(-c2cc(CN3CCOCC3)c3ccc(F)cc3n2)cc1F. The smallest absolute Gasteiger partial charge is 0.134 e. The Morgan fingerprint density at radius 2 is 1.86 bits per heavy atom. The summed E-state index contributed by atoms with van der Waals surface area (Å²) in [5, 5.41) is 0.885. The minimum atomic E-state index is -0.437. The van der Waals surface area contributed by atoms with E-state index in [4.69, 9.17) is 4.74 Å². The Bertz CT molecular complexity index is 1060. The first-order valence-corrected chi connectivity index (χ1v) is 9.67. The molecule has 1 saturated heterocycles. The van der Waals surface area contributed by atoms with Crippen molar-refractivity contribution in [2.45, 2.75) is 19.9 Å². The molecular formula is C23H22F2N2O2. The monoisotopic (exact) mass is 396 g/mol. The molecule has 0 atom stereocenters. The molecule has 0 N–H and O–H groups in total. The van der Waals surface area contributed by atoms with Gasteiger partial charge in [-0.1, -0.05) is 12.1 Å². The standard InChI is InChI=1S/C23H22F2N2O2/c1-15(28)10-16-2-3-17(11-21(16)25)22-12-18(14-27-6-8-29-9-7-27)20-5-4-19(24)13-23(20)26-22/h2-5,11-13H,6-10,14H2,1H3. The van der Waals surface area contributed by atoms with Gasteiger partial charge in [0.2, 0.25) is 0 Å². The zero-order valence-corrected chi connectivity index (χ0v) is 16.3. The van der Waals surface area contributed by atoms with Crippen molar-refractivity contribution in [2.75, 3.05) is 26.3 Å². The van der Waals surface area contributed by atoms with Crippen molar-refractivity contribution in [2.24, 2.45) is 0 Å². The second-order valence-electron chi connectivity index (χ2n) is 7.40. The maximum atomic E-state index is 14.5. The molecule has 0 saturated carbocycles. The van der Waals surface area contributed by atoms with E-state index in [1.165, 1.54) is 25.1 Å². The van der Waals surface area contributed by atoms with Crippen molar-refractivity contribution in [1.29, 1.82) is 0 Å². The molecule has 6 heteroatoms. The van der Waals surface area contributed by atoms with Gasteiger partial charge in [-0.25, -0.2) is 13.8 Å². The van der Waals surface area contributed by atoms with Crippen molar-refractivity contribution < 1.29 is 18.3 Å². The molecule has 1 fully saturated rings. The second-order valence-corrected chi connectivity index (χ2v) is 7.40. The highest BCUT2D eigenvalue weighted by Gasteiger charge is 2.16. The topological polar surface area (TPSA) is 42.4 Å². The number of hydrogen-bond donors (Lipinski definition) is 0. The summed E-state index contributed by atoms with van der Waals surface area (Å²) in [6.45, 7) is 5.15. The number of nitrogens with zero attached hydrogens (tertiary/aromatic N) is 2. The van der Waals surface area contributed by atoms with E-state index in [2.05, 4.69) is 9.88 Å². The molecule has 0 radical (unpaired) electrons. The third kappa shape index (κ3) is 4.49. The van der Waals surface area contributed by atoms with E-state index in [1.807, 2.05) is 6.07 Å². The van der Waals surface area contributed by atoms with Crippen LogP contribution in [0.15, 0.2) is 42.5 Å². The Morgan fingerprint density at radius 1 is 1.07 bits per heavy atom. The van der Waals surface area contributed by atoms with Crippen LogP contribution in [0.2, 0.25) is 0 Å². The molecule has 1 aliphatic heterocycles. The van der Waals surface area contributed by atoms with Crippen molar-refractivity contribution in [3.63, 3.8) is 0 Å². The highest BCUT2D eigenvalue weighted by Crippen LogP contribution is 2.28. The number of hydrogen-bond acceptors (Lipinski definition) is 4. The number of aromatic nitrogens is 1. The summed E-state index contributed by atoms with van der Waals surface area (Å²) in [6, 6.07) is 11.3. The fourth-order valence-electron chi connectivity index (χ4n) is 3.67. The van der Waals surface area contributed by atoms with Crippen molar-refractivity contribution in [3.05, 3.63) is 65.2 Å². The van der Waals surface area contributed by atoms with Crippen LogP contribution in [-0.2, 0) is 22.5 Å². The Morgan fingerprint density at radius 3 is 2.59 bits per heavy atom. The number of carbonyl (C=O) groups is 1. The quantitative estimate of drug-likeness (QED) is 0.650. The largest absolute Gasteiger partial charge is 0.379 e. The van der Waals surface area contributed by atoms with Crippen LogP contribution >= 0.6 is 0 Å². The highest BCUT2D eigenvalue weighted by atomic mass is 19.1. The molecule has 29 heavy (non-hydrogen) atoms. The van der Waals surface area contributed by atoms with Crippen molar-refractivity contribution >= 4 is 16.7 Å². The van der Waals surface area contributed by atoms with Gasteiger partial charge in [0.05, 0.1) is 24.4 Å². The number of ketones is 1. The number of morpholine rings is 1. The average Bonchev–Trinajstić information content (AvgIpc) is 2.69. The molecule has 0 bridgehead atoms. The van der Waals surface area contributed by atoms with Crippen LogP contribution in [-0.4, -0.2) is 42.0 Å². The number of benzene rings is 2. The van der Waals surface area contributed by atoms with Gasteiger partial charge in [-0.05, 0) is 42.3 Å². The average molecular weight is 396 g/mol. The van der Waals surface area contributed by atoms with Gasteiger partial charge in [0, 0.05) is 43.1 Å². The lowest BCUT2D eigenvalue weighted by molar-refractivity contribution is -0.116. The number of ether oxygens (including phenoxy) is 1. The van der Waals surface area contributed by atoms with Crippen LogP contribution in [0.25, 0.3) is 22.2 Å². The van der Waals surface area contributed by atoms with E-state index in [-0.39, 0.29) is 18.0 Å². The lowest BCUT2D eigenvalue weighted by Gasteiger charge is -2.27. The summed E-state index contributed by atoms with van der Waals surface area (Å²) in [4.78, 5) is 18.2. The Labute approximate surface area is 168 Å². The van der Waals surface area contributed by atoms with Crippen LogP contribution in [0.4, 0.5) is 8.78 Å². The van der Waals surface area contributed by atoms with E-state index in [0.29, 0.717) is 42.1 Å². The summed E-state index contributed by atoms with van der Waals surface area (Å²) >= 11 is 0. The van der Waals surface area contributed by atoms with Crippen LogP contribution in [0.1, 0.15) is 18.1 Å². The lowest BCUT2D eigenvalue weighted by atomic mass is 10.0. The number of carbonyl (C=O) groups excluding carboxylic acids is 1. The minimum Gasteiger partial charge on any atom is -0.379 e. The first kappa shape index (κ1) is 19.6. The minimum absolute atomic E-state index is 0.0603. The molecule has 1 aliphatic rings. The number of halogens is 2. The van der Waals surface area contributed by atoms with Gasteiger partial charge >= 0.3 is 0 Å². The number of fused-ring (bicyclic) bond motifs is 1. The molecule has 2 aromatic carbocycles. The molecule has 0 spiro atoms. The summed E-state index contributed by atoms with van der Waals surface area (Å²) in [6.07, 6.45) is 0.0603. The Hall–Kier alpha value is -2.70. The Balaban J connectivity index is 1.76. The Kier molecular flexibility index (Phi) is 5.65. The van der Waals surface area contributed by atoms with E-state index in [9.17, 15) is 13.6 Å². The van der Waals surface area contributed by atoms with E-state index in [1.54, 1.807) is 18.2 Å². The van der Waals surface area contributed by atoms with Gasteiger partial charge in [-0.3, -0.25) is 9.69 Å². The summed E-state index contributed by atoms with van der Waals surface area (Å²) in [7, 11) is 0. The van der Waals surface area contributed by atoms with Crippen molar-refractivity contribution in [1.82, 2.24) is 9.88 Å². The van der Waals surface area contributed by atoms with Gasteiger partial charge in [-0.2, -0.15) is 0 Å². The molecule has 1 aromatic heterocycles. The summed E-state index contributed by atoms with van der Waals surface area (Å²) in [5.41, 5.74) is 3.10. The molecule has 0 aliphatic carbocycles. The maximum absolute atomic E-state index is 14.5. The predicted octanol–water partition coefficient (Wildman–Crippen LogP) is 4.14. The first-order chi connectivity index (χ1) is 14.0. The molecule has 4 nitrogen and oxygen atoms in total. The van der Waals surface area contributed by atoms with Gasteiger partial charge in [0.25, 0.3) is 0 Å².